The maximum Gasteiger partial charge on any atom is 0.319 e. The van der Waals surface area contributed by atoms with Crippen LogP contribution in [0.5, 0.6) is 5.75 Å². The van der Waals surface area contributed by atoms with E-state index in [-0.39, 0.29) is 11.8 Å². The zero-order valence-corrected chi connectivity index (χ0v) is 14.8. The fraction of sp³-hybridized carbons (Fsp3) is 0.200. The highest BCUT2D eigenvalue weighted by molar-refractivity contribution is 5.89. The van der Waals surface area contributed by atoms with Gasteiger partial charge >= 0.3 is 6.03 Å². The Morgan fingerprint density at radius 3 is 2.78 bits per heavy atom. The second-order valence-corrected chi connectivity index (χ2v) is 5.90. The highest BCUT2D eigenvalue weighted by atomic mass is 19.1. The molecule has 3 rings (SSSR count). The van der Waals surface area contributed by atoms with E-state index in [1.54, 1.807) is 35.1 Å². The number of urea groups is 1. The molecule has 2 aromatic carbocycles. The molecule has 0 aliphatic rings. The molecule has 6 nitrogen and oxygen atoms in total. The van der Waals surface area contributed by atoms with E-state index in [0.29, 0.717) is 37.6 Å². The van der Waals surface area contributed by atoms with Crippen molar-refractivity contribution in [3.05, 3.63) is 78.4 Å². The van der Waals surface area contributed by atoms with E-state index in [1.807, 2.05) is 24.4 Å². The lowest BCUT2D eigenvalue weighted by Crippen LogP contribution is -2.30. The average molecular weight is 368 g/mol. The third-order valence-corrected chi connectivity index (χ3v) is 3.85. The van der Waals surface area contributed by atoms with Gasteiger partial charge in [-0.05, 0) is 42.3 Å². The topological polar surface area (TPSA) is 68.2 Å². The molecule has 0 aliphatic carbocycles. The van der Waals surface area contributed by atoms with Crippen molar-refractivity contribution in [3.63, 3.8) is 0 Å². The van der Waals surface area contributed by atoms with Crippen molar-refractivity contribution < 1.29 is 13.9 Å². The summed E-state index contributed by atoms with van der Waals surface area (Å²) in [4.78, 5) is 12.0. The largest absolute Gasteiger partial charge is 0.492 e. The van der Waals surface area contributed by atoms with Gasteiger partial charge in [0.05, 0.1) is 6.54 Å². The van der Waals surface area contributed by atoms with Crippen molar-refractivity contribution in [2.24, 2.45) is 0 Å². The Kier molecular flexibility index (Phi) is 6.40. The van der Waals surface area contributed by atoms with Gasteiger partial charge in [-0.2, -0.15) is 5.10 Å². The minimum Gasteiger partial charge on any atom is -0.492 e. The predicted molar refractivity (Wildman–Crippen MR) is 101 cm³/mol. The van der Waals surface area contributed by atoms with Crippen LogP contribution in [0.15, 0.2) is 67.0 Å². The fourth-order valence-electron chi connectivity index (χ4n) is 2.50. The van der Waals surface area contributed by atoms with Crippen molar-refractivity contribution in [1.29, 1.82) is 0 Å². The molecule has 0 saturated carbocycles. The number of hydrogen-bond acceptors (Lipinski definition) is 3. The Morgan fingerprint density at radius 1 is 1.15 bits per heavy atom. The Bertz CT molecular complexity index is 851. The summed E-state index contributed by atoms with van der Waals surface area (Å²) in [6.07, 6.45) is 4.22. The molecule has 3 aromatic rings. The van der Waals surface area contributed by atoms with Crippen LogP contribution in [0.2, 0.25) is 0 Å². The predicted octanol–water partition coefficient (Wildman–Crippen LogP) is 3.47. The minimum atomic E-state index is -0.300. The molecule has 0 spiro atoms. The SMILES string of the molecule is O=C(NCCc1ccc(F)cc1)Nc1cccc(OCCn2cccn2)c1. The first-order chi connectivity index (χ1) is 13.2. The van der Waals surface area contributed by atoms with Gasteiger partial charge in [-0.1, -0.05) is 18.2 Å². The molecule has 2 amide bonds. The molecule has 0 fully saturated rings. The number of anilines is 1. The molecule has 7 heteroatoms. The number of nitrogens with one attached hydrogen (secondary N) is 2. The maximum atomic E-state index is 12.9. The number of nitrogens with zero attached hydrogens (tertiary/aromatic N) is 2. The normalized spacial score (nSPS) is 10.4. The molecule has 0 bridgehead atoms. The minimum absolute atomic E-state index is 0.267. The summed E-state index contributed by atoms with van der Waals surface area (Å²) in [7, 11) is 0. The summed E-state index contributed by atoms with van der Waals surface area (Å²) in [6.45, 7) is 1.58. The van der Waals surface area contributed by atoms with Gasteiger partial charge in [-0.25, -0.2) is 9.18 Å². The second-order valence-electron chi connectivity index (χ2n) is 5.90. The van der Waals surface area contributed by atoms with E-state index in [2.05, 4.69) is 15.7 Å². The number of carbonyl (C=O) groups excluding carboxylic acids is 1. The van der Waals surface area contributed by atoms with Crippen LogP contribution >= 0.6 is 0 Å². The lowest BCUT2D eigenvalue weighted by Gasteiger charge is -2.10. The molecule has 0 radical (unpaired) electrons. The maximum absolute atomic E-state index is 12.9. The molecule has 140 valence electrons. The Balaban J connectivity index is 1.41. The molecule has 2 N–H and O–H groups in total. The number of carbonyl (C=O) groups is 1. The van der Waals surface area contributed by atoms with Crippen LogP contribution in [0.1, 0.15) is 5.56 Å². The molecule has 0 saturated heterocycles. The van der Waals surface area contributed by atoms with Gasteiger partial charge in [0, 0.05) is 30.7 Å². The third-order valence-electron chi connectivity index (χ3n) is 3.85. The van der Waals surface area contributed by atoms with Gasteiger partial charge in [-0.15, -0.1) is 0 Å². The summed E-state index contributed by atoms with van der Waals surface area (Å²) in [5.74, 6) is 0.405. The van der Waals surface area contributed by atoms with Crippen LogP contribution in [0.25, 0.3) is 0 Å². The summed E-state index contributed by atoms with van der Waals surface area (Å²) >= 11 is 0. The highest BCUT2D eigenvalue weighted by Crippen LogP contribution is 2.17. The monoisotopic (exact) mass is 368 g/mol. The Hall–Kier alpha value is -3.35. The van der Waals surface area contributed by atoms with Crippen LogP contribution in [-0.4, -0.2) is 29.0 Å². The van der Waals surface area contributed by atoms with Gasteiger partial charge in [0.2, 0.25) is 0 Å². The van der Waals surface area contributed by atoms with E-state index in [9.17, 15) is 9.18 Å². The van der Waals surface area contributed by atoms with Gasteiger partial charge in [-0.3, -0.25) is 4.68 Å². The van der Waals surface area contributed by atoms with Gasteiger partial charge in [0.15, 0.2) is 0 Å². The molecular weight excluding hydrogens is 347 g/mol. The summed E-state index contributed by atoms with van der Waals surface area (Å²) in [5, 5.41) is 9.67. The van der Waals surface area contributed by atoms with Crippen LogP contribution in [0.3, 0.4) is 0 Å². The number of amides is 2. The van der Waals surface area contributed by atoms with Crippen LogP contribution in [0, 0.1) is 5.82 Å². The second kappa shape index (κ2) is 9.38. The lowest BCUT2D eigenvalue weighted by molar-refractivity contribution is 0.252. The first-order valence-electron chi connectivity index (χ1n) is 8.69. The van der Waals surface area contributed by atoms with E-state index < -0.39 is 0 Å². The fourth-order valence-corrected chi connectivity index (χ4v) is 2.50. The van der Waals surface area contributed by atoms with Crippen molar-refractivity contribution in [3.8, 4) is 5.75 Å². The molecule has 27 heavy (non-hydrogen) atoms. The van der Waals surface area contributed by atoms with Crippen LogP contribution in [-0.2, 0) is 13.0 Å². The molecule has 0 aliphatic heterocycles. The number of aromatic nitrogens is 2. The Morgan fingerprint density at radius 2 is 2.00 bits per heavy atom. The molecular formula is C20H21FN4O2. The number of rotatable bonds is 8. The standard InChI is InChI=1S/C20H21FN4O2/c21-17-7-5-16(6-8-17)9-11-22-20(26)24-18-3-1-4-19(15-18)27-14-13-25-12-2-10-23-25/h1-8,10,12,15H,9,11,13-14H2,(H2,22,24,26). The number of ether oxygens (including phenoxy) is 1. The van der Waals surface area contributed by atoms with E-state index >= 15 is 0 Å². The van der Waals surface area contributed by atoms with Gasteiger partial charge < -0.3 is 15.4 Å². The average Bonchev–Trinajstić information content (AvgIpc) is 3.17. The highest BCUT2D eigenvalue weighted by Gasteiger charge is 2.03. The van der Waals surface area contributed by atoms with Gasteiger partial charge in [0.1, 0.15) is 18.2 Å². The van der Waals surface area contributed by atoms with E-state index in [0.717, 1.165) is 5.56 Å². The molecule has 0 atom stereocenters. The van der Waals surface area contributed by atoms with Crippen molar-refractivity contribution in [2.45, 2.75) is 13.0 Å². The summed E-state index contributed by atoms with van der Waals surface area (Å²) in [5.41, 5.74) is 1.61. The zero-order chi connectivity index (χ0) is 18.9. The Labute approximate surface area is 157 Å². The number of hydrogen-bond donors (Lipinski definition) is 2. The van der Waals surface area contributed by atoms with Gasteiger partial charge in [0.25, 0.3) is 0 Å². The number of benzene rings is 2. The third kappa shape index (κ3) is 6.14. The first kappa shape index (κ1) is 18.4. The van der Waals surface area contributed by atoms with Crippen LogP contribution in [0.4, 0.5) is 14.9 Å². The van der Waals surface area contributed by atoms with Crippen molar-refractivity contribution in [2.75, 3.05) is 18.5 Å². The quantitative estimate of drug-likeness (QED) is 0.640. The van der Waals surface area contributed by atoms with Crippen molar-refractivity contribution >= 4 is 11.7 Å². The van der Waals surface area contributed by atoms with E-state index in [4.69, 9.17) is 4.74 Å². The van der Waals surface area contributed by atoms with Crippen molar-refractivity contribution in [1.82, 2.24) is 15.1 Å². The molecule has 1 heterocycles. The molecule has 1 aromatic heterocycles. The van der Waals surface area contributed by atoms with E-state index in [1.165, 1.54) is 12.1 Å². The molecule has 0 unspecified atom stereocenters. The first-order valence-corrected chi connectivity index (χ1v) is 8.69. The lowest BCUT2D eigenvalue weighted by atomic mass is 10.1. The number of halogens is 1. The summed E-state index contributed by atoms with van der Waals surface area (Å²) < 4.78 is 20.3. The summed E-state index contributed by atoms with van der Waals surface area (Å²) in [6, 6.07) is 15.0. The zero-order valence-electron chi connectivity index (χ0n) is 14.8. The smallest absolute Gasteiger partial charge is 0.319 e. The van der Waals surface area contributed by atoms with Crippen LogP contribution < -0.4 is 15.4 Å².